The Morgan fingerprint density at radius 2 is 2.20 bits per heavy atom. The van der Waals surface area contributed by atoms with Crippen LogP contribution in [0.25, 0.3) is 0 Å². The van der Waals surface area contributed by atoms with Crippen LogP contribution in [0.5, 0.6) is 0 Å². The maximum Gasteiger partial charge on any atom is 0.251 e. The van der Waals surface area contributed by atoms with Gasteiger partial charge in [-0.15, -0.1) is 0 Å². The lowest BCUT2D eigenvalue weighted by atomic mass is 10.2. The van der Waals surface area contributed by atoms with E-state index in [9.17, 15) is 4.79 Å². The first kappa shape index (κ1) is 10.4. The van der Waals surface area contributed by atoms with Crippen molar-refractivity contribution < 1.29 is 4.79 Å². The fraction of sp³-hybridized carbons (Fsp3) is 0.273. The van der Waals surface area contributed by atoms with E-state index in [0.29, 0.717) is 10.2 Å². The monoisotopic (exact) mass is 266 g/mol. The maximum atomic E-state index is 11.8. The number of nitrogens with one attached hydrogen (secondary N) is 1. The smallest absolute Gasteiger partial charge is 0.251 e. The first-order chi connectivity index (χ1) is 7.25. The number of halogens is 1. The maximum absolute atomic E-state index is 11.8. The van der Waals surface area contributed by atoms with Crippen LogP contribution in [0.4, 0.5) is 0 Å². The molecule has 0 saturated heterocycles. The number of hydrogen-bond acceptors (Lipinski definition) is 2. The first-order valence-corrected chi connectivity index (χ1v) is 5.62. The number of nitrogens with zero attached hydrogens (tertiary/aromatic N) is 1. The zero-order valence-electron chi connectivity index (χ0n) is 8.11. The van der Waals surface area contributed by atoms with E-state index in [1.54, 1.807) is 18.3 Å². The van der Waals surface area contributed by atoms with E-state index in [4.69, 9.17) is 0 Å². The topological polar surface area (TPSA) is 42.0 Å². The molecule has 1 aliphatic rings. The largest absolute Gasteiger partial charge is 0.349 e. The zero-order chi connectivity index (χ0) is 10.7. The molecule has 0 atom stereocenters. The fourth-order valence-corrected chi connectivity index (χ4v) is 1.91. The third-order valence-corrected chi connectivity index (χ3v) is 2.77. The highest BCUT2D eigenvalue weighted by Gasteiger charge is 2.14. The number of amides is 1. The Morgan fingerprint density at radius 1 is 1.47 bits per heavy atom. The number of hydrogen-bond donors (Lipinski definition) is 1. The summed E-state index contributed by atoms with van der Waals surface area (Å²) < 4.78 is 0.680. The van der Waals surface area contributed by atoms with Crippen molar-refractivity contribution >= 4 is 21.8 Å². The molecule has 1 aromatic rings. The van der Waals surface area contributed by atoms with E-state index in [2.05, 4.69) is 38.4 Å². The number of carbonyl (C=O) groups is 1. The fourth-order valence-electron chi connectivity index (χ4n) is 1.55. The van der Waals surface area contributed by atoms with E-state index < -0.39 is 0 Å². The minimum Gasteiger partial charge on any atom is -0.349 e. The molecule has 1 N–H and O–H groups in total. The van der Waals surface area contributed by atoms with Crippen molar-refractivity contribution in [3.63, 3.8) is 0 Å². The van der Waals surface area contributed by atoms with Gasteiger partial charge in [-0.05, 0) is 40.9 Å². The highest BCUT2D eigenvalue weighted by atomic mass is 79.9. The molecule has 0 bridgehead atoms. The minimum atomic E-state index is -0.0354. The van der Waals surface area contributed by atoms with Gasteiger partial charge in [0.25, 0.3) is 5.91 Å². The van der Waals surface area contributed by atoms with Gasteiger partial charge in [0.05, 0.1) is 0 Å². The van der Waals surface area contributed by atoms with Crippen LogP contribution in [0.3, 0.4) is 0 Å². The standard InChI is InChI=1S/C11H11BrN2O/c12-10-7-8(5-6-13-10)11(15)14-9-3-1-2-4-9/h1-2,5-7,9H,3-4H2,(H,14,15). The Bertz CT molecular complexity index is 395. The third kappa shape index (κ3) is 2.65. The van der Waals surface area contributed by atoms with Crippen molar-refractivity contribution in [1.29, 1.82) is 0 Å². The van der Waals surface area contributed by atoms with Gasteiger partial charge in [0.2, 0.25) is 0 Å². The van der Waals surface area contributed by atoms with Gasteiger partial charge in [-0.2, -0.15) is 0 Å². The van der Waals surface area contributed by atoms with Gasteiger partial charge >= 0.3 is 0 Å². The molecular weight excluding hydrogens is 256 g/mol. The molecule has 0 aliphatic heterocycles. The van der Waals surface area contributed by atoms with Crippen LogP contribution < -0.4 is 5.32 Å². The molecule has 15 heavy (non-hydrogen) atoms. The normalized spacial score (nSPS) is 15.5. The van der Waals surface area contributed by atoms with Crippen molar-refractivity contribution in [2.75, 3.05) is 0 Å². The van der Waals surface area contributed by atoms with Gasteiger partial charge in [0, 0.05) is 17.8 Å². The molecule has 0 fully saturated rings. The second-order valence-corrected chi connectivity index (χ2v) is 4.29. The molecule has 1 aromatic heterocycles. The summed E-state index contributed by atoms with van der Waals surface area (Å²) in [5.74, 6) is -0.0354. The molecule has 0 spiro atoms. The van der Waals surface area contributed by atoms with Crippen LogP contribution in [-0.2, 0) is 0 Å². The van der Waals surface area contributed by atoms with Crippen molar-refractivity contribution in [3.8, 4) is 0 Å². The van der Waals surface area contributed by atoms with Gasteiger partial charge in [0.15, 0.2) is 0 Å². The highest BCUT2D eigenvalue weighted by molar-refractivity contribution is 9.10. The van der Waals surface area contributed by atoms with Crippen molar-refractivity contribution in [3.05, 3.63) is 40.6 Å². The first-order valence-electron chi connectivity index (χ1n) is 4.83. The molecule has 0 aromatic carbocycles. The summed E-state index contributed by atoms with van der Waals surface area (Å²) in [7, 11) is 0. The zero-order valence-corrected chi connectivity index (χ0v) is 9.70. The number of aromatic nitrogens is 1. The summed E-state index contributed by atoms with van der Waals surface area (Å²) in [6.45, 7) is 0. The third-order valence-electron chi connectivity index (χ3n) is 2.33. The molecule has 0 saturated carbocycles. The summed E-state index contributed by atoms with van der Waals surface area (Å²) in [4.78, 5) is 15.7. The number of carbonyl (C=O) groups excluding carboxylic acids is 1. The molecule has 2 rings (SSSR count). The van der Waals surface area contributed by atoms with Gasteiger partial charge in [-0.1, -0.05) is 12.2 Å². The minimum absolute atomic E-state index is 0.0354. The van der Waals surface area contributed by atoms with Crippen molar-refractivity contribution in [2.24, 2.45) is 0 Å². The van der Waals surface area contributed by atoms with Gasteiger partial charge in [-0.3, -0.25) is 4.79 Å². The van der Waals surface area contributed by atoms with Crippen LogP contribution >= 0.6 is 15.9 Å². The lowest BCUT2D eigenvalue weighted by molar-refractivity contribution is 0.0939. The lowest BCUT2D eigenvalue weighted by Crippen LogP contribution is -2.32. The second kappa shape index (κ2) is 4.57. The summed E-state index contributed by atoms with van der Waals surface area (Å²) in [6, 6.07) is 3.68. The van der Waals surface area contributed by atoms with Crippen LogP contribution in [0, 0.1) is 0 Å². The van der Waals surface area contributed by atoms with E-state index in [1.165, 1.54) is 0 Å². The Morgan fingerprint density at radius 3 is 2.87 bits per heavy atom. The highest BCUT2D eigenvalue weighted by Crippen LogP contribution is 2.12. The van der Waals surface area contributed by atoms with E-state index in [-0.39, 0.29) is 11.9 Å². The lowest BCUT2D eigenvalue weighted by Gasteiger charge is -2.11. The predicted molar refractivity (Wildman–Crippen MR) is 61.6 cm³/mol. The molecule has 1 aliphatic carbocycles. The molecule has 0 radical (unpaired) electrons. The molecule has 78 valence electrons. The number of rotatable bonds is 2. The van der Waals surface area contributed by atoms with Crippen LogP contribution in [0.15, 0.2) is 35.1 Å². The van der Waals surface area contributed by atoms with Gasteiger partial charge in [0.1, 0.15) is 4.60 Å². The molecule has 4 heteroatoms. The second-order valence-electron chi connectivity index (χ2n) is 3.48. The summed E-state index contributed by atoms with van der Waals surface area (Å²) >= 11 is 3.24. The van der Waals surface area contributed by atoms with Crippen molar-refractivity contribution in [2.45, 2.75) is 18.9 Å². The summed E-state index contributed by atoms with van der Waals surface area (Å²) in [5.41, 5.74) is 0.642. The summed E-state index contributed by atoms with van der Waals surface area (Å²) in [6.07, 6.45) is 7.66. The van der Waals surface area contributed by atoms with Gasteiger partial charge in [-0.25, -0.2) is 4.98 Å². The van der Waals surface area contributed by atoms with E-state index >= 15 is 0 Å². The average Bonchev–Trinajstić information content (AvgIpc) is 2.70. The predicted octanol–water partition coefficient (Wildman–Crippen LogP) is 2.29. The number of pyridine rings is 1. The molecule has 3 nitrogen and oxygen atoms in total. The van der Waals surface area contributed by atoms with E-state index in [0.717, 1.165) is 12.8 Å². The van der Waals surface area contributed by atoms with Crippen LogP contribution in [0.2, 0.25) is 0 Å². The Hall–Kier alpha value is -1.16. The van der Waals surface area contributed by atoms with Gasteiger partial charge < -0.3 is 5.32 Å². The Kier molecular flexibility index (Phi) is 3.16. The van der Waals surface area contributed by atoms with Crippen LogP contribution in [-0.4, -0.2) is 16.9 Å². The molecule has 1 amide bonds. The molecule has 0 unspecified atom stereocenters. The van der Waals surface area contributed by atoms with E-state index in [1.807, 2.05) is 0 Å². The quantitative estimate of drug-likeness (QED) is 0.659. The average molecular weight is 267 g/mol. The summed E-state index contributed by atoms with van der Waals surface area (Å²) in [5, 5.41) is 2.97. The Balaban J connectivity index is 2.01. The molecule has 1 heterocycles. The van der Waals surface area contributed by atoms with Crippen LogP contribution in [0.1, 0.15) is 23.2 Å². The van der Waals surface area contributed by atoms with Crippen molar-refractivity contribution in [1.82, 2.24) is 10.3 Å². The molecular formula is C11H11BrN2O. The Labute approximate surface area is 96.7 Å². The SMILES string of the molecule is O=C(NC1CC=CC1)c1ccnc(Br)c1.